The van der Waals surface area contributed by atoms with Crippen molar-refractivity contribution in [3.63, 3.8) is 0 Å². The van der Waals surface area contributed by atoms with Crippen LogP contribution in [0, 0.1) is 10.1 Å². The van der Waals surface area contributed by atoms with Gasteiger partial charge in [0.15, 0.2) is 0 Å². The molecule has 24 heavy (non-hydrogen) atoms. The van der Waals surface area contributed by atoms with Gasteiger partial charge in [0.25, 0.3) is 15.7 Å². The number of primary amides is 1. The van der Waals surface area contributed by atoms with Crippen LogP contribution >= 0.6 is 0 Å². The summed E-state index contributed by atoms with van der Waals surface area (Å²) < 4.78 is 30.6. The number of ether oxygens (including phenoxy) is 1. The molecule has 10 nitrogen and oxygen atoms in total. The summed E-state index contributed by atoms with van der Waals surface area (Å²) in [5, 5.41) is 11.2. The quantitative estimate of drug-likeness (QED) is 0.530. The SMILES string of the molecule is NC(=O)NS(=O)(=O)c1ccc(CCN2CCOCC2)c([N+](=O)[O-])c1. The first-order valence-electron chi connectivity index (χ1n) is 7.19. The van der Waals surface area contributed by atoms with Gasteiger partial charge in [0.1, 0.15) is 0 Å². The number of hydrogen-bond acceptors (Lipinski definition) is 7. The Morgan fingerprint density at radius 2 is 2.04 bits per heavy atom. The lowest BCUT2D eigenvalue weighted by molar-refractivity contribution is -0.385. The minimum Gasteiger partial charge on any atom is -0.379 e. The van der Waals surface area contributed by atoms with E-state index in [1.807, 2.05) is 0 Å². The minimum absolute atomic E-state index is 0.310. The Bertz CT molecular complexity index is 730. The van der Waals surface area contributed by atoms with Gasteiger partial charge in [0, 0.05) is 31.3 Å². The molecule has 0 saturated carbocycles. The van der Waals surface area contributed by atoms with Crippen molar-refractivity contribution in [1.29, 1.82) is 0 Å². The number of nitrogens with zero attached hydrogens (tertiary/aromatic N) is 2. The molecule has 0 spiro atoms. The average Bonchev–Trinajstić information content (AvgIpc) is 2.52. The van der Waals surface area contributed by atoms with Gasteiger partial charge in [-0.05, 0) is 12.5 Å². The van der Waals surface area contributed by atoms with E-state index in [0.717, 1.165) is 19.2 Å². The molecule has 1 aliphatic heterocycles. The molecular formula is C13H18N4O6S. The van der Waals surface area contributed by atoms with Crippen LogP contribution in [0.2, 0.25) is 0 Å². The number of nitrogens with two attached hydrogens (primary N) is 1. The van der Waals surface area contributed by atoms with Crippen molar-refractivity contribution in [1.82, 2.24) is 9.62 Å². The third-order valence-corrected chi connectivity index (χ3v) is 4.94. The van der Waals surface area contributed by atoms with E-state index in [4.69, 9.17) is 10.5 Å². The molecule has 1 saturated heterocycles. The Kier molecular flexibility index (Phi) is 5.70. The zero-order valence-electron chi connectivity index (χ0n) is 12.8. The molecule has 1 aliphatic rings. The van der Waals surface area contributed by atoms with Crippen LogP contribution in [-0.4, -0.2) is 57.1 Å². The van der Waals surface area contributed by atoms with Gasteiger partial charge in [-0.3, -0.25) is 15.0 Å². The summed E-state index contributed by atoms with van der Waals surface area (Å²) in [5.41, 5.74) is 4.91. The Balaban J connectivity index is 2.20. The van der Waals surface area contributed by atoms with Crippen LogP contribution in [0.15, 0.2) is 23.1 Å². The maximum atomic E-state index is 11.9. The Labute approximate surface area is 138 Å². The van der Waals surface area contributed by atoms with Crippen molar-refractivity contribution in [2.45, 2.75) is 11.3 Å². The topological polar surface area (TPSA) is 145 Å². The number of benzene rings is 1. The molecule has 2 rings (SSSR count). The zero-order chi connectivity index (χ0) is 17.7. The fourth-order valence-corrected chi connectivity index (χ4v) is 3.28. The molecule has 0 unspecified atom stereocenters. The average molecular weight is 358 g/mol. The molecule has 1 aromatic rings. The first-order chi connectivity index (χ1) is 11.3. The second kappa shape index (κ2) is 7.55. The van der Waals surface area contributed by atoms with Gasteiger partial charge in [-0.25, -0.2) is 17.9 Å². The Hall–Kier alpha value is -2.24. The van der Waals surface area contributed by atoms with Crippen molar-refractivity contribution in [3.05, 3.63) is 33.9 Å². The summed E-state index contributed by atoms with van der Waals surface area (Å²) in [5.74, 6) is 0. The molecule has 1 aromatic carbocycles. The molecule has 0 aromatic heterocycles. The lowest BCUT2D eigenvalue weighted by Crippen LogP contribution is -2.37. The Morgan fingerprint density at radius 1 is 1.38 bits per heavy atom. The third-order valence-electron chi connectivity index (χ3n) is 3.60. The normalized spacial score (nSPS) is 15.8. The molecule has 1 fully saturated rings. The maximum Gasteiger partial charge on any atom is 0.326 e. The molecule has 0 radical (unpaired) electrons. The second-order valence-corrected chi connectivity index (χ2v) is 6.90. The number of sulfonamides is 1. The zero-order valence-corrected chi connectivity index (χ0v) is 13.6. The molecule has 3 N–H and O–H groups in total. The summed E-state index contributed by atoms with van der Waals surface area (Å²) >= 11 is 0. The van der Waals surface area contributed by atoms with Crippen LogP contribution in [-0.2, 0) is 21.2 Å². The van der Waals surface area contributed by atoms with Gasteiger partial charge in [0.2, 0.25) is 0 Å². The third kappa shape index (κ3) is 4.63. The number of urea groups is 1. The molecule has 132 valence electrons. The summed E-state index contributed by atoms with van der Waals surface area (Å²) in [4.78, 5) is 23.1. The number of carbonyl (C=O) groups excluding carboxylic acids is 1. The number of amides is 2. The van der Waals surface area contributed by atoms with Crippen LogP contribution in [0.1, 0.15) is 5.56 Å². The van der Waals surface area contributed by atoms with Crippen molar-refractivity contribution in [2.24, 2.45) is 5.73 Å². The monoisotopic (exact) mass is 358 g/mol. The van der Waals surface area contributed by atoms with Gasteiger partial charge < -0.3 is 10.5 Å². The molecule has 2 amide bonds. The van der Waals surface area contributed by atoms with Gasteiger partial charge in [-0.15, -0.1) is 0 Å². The highest BCUT2D eigenvalue weighted by atomic mass is 32.2. The minimum atomic E-state index is -4.22. The van der Waals surface area contributed by atoms with Crippen molar-refractivity contribution in [3.8, 4) is 0 Å². The lowest BCUT2D eigenvalue weighted by Gasteiger charge is -2.26. The summed E-state index contributed by atoms with van der Waals surface area (Å²) in [6, 6.07) is 2.27. The van der Waals surface area contributed by atoms with E-state index in [2.05, 4.69) is 4.90 Å². The van der Waals surface area contributed by atoms with Crippen LogP contribution in [0.5, 0.6) is 0 Å². The number of carbonyl (C=O) groups is 1. The number of nitro groups is 1. The van der Waals surface area contributed by atoms with Gasteiger partial charge in [0.05, 0.1) is 23.0 Å². The number of nitrogens with one attached hydrogen (secondary N) is 1. The van der Waals surface area contributed by atoms with Gasteiger partial charge in [-0.2, -0.15) is 0 Å². The van der Waals surface area contributed by atoms with Gasteiger partial charge in [-0.1, -0.05) is 6.07 Å². The predicted octanol–water partition coefficient (Wildman–Crippen LogP) is -0.173. The molecule has 0 atom stereocenters. The van der Waals surface area contributed by atoms with E-state index in [-0.39, 0.29) is 10.6 Å². The summed E-state index contributed by atoms with van der Waals surface area (Å²) in [6.07, 6.45) is 0.403. The standard InChI is InChI=1S/C13H18N4O6S/c14-13(18)15-24(21,22)11-2-1-10(12(9-11)17(19)20)3-4-16-5-7-23-8-6-16/h1-2,9H,3-8H2,(H3,14,15,18). The van der Waals surface area contributed by atoms with E-state index in [0.29, 0.717) is 31.7 Å². The molecule has 1 heterocycles. The number of rotatable bonds is 6. The molecule has 11 heteroatoms. The van der Waals surface area contributed by atoms with Crippen LogP contribution in [0.25, 0.3) is 0 Å². The lowest BCUT2D eigenvalue weighted by atomic mass is 10.1. The number of morpholine rings is 1. The van der Waals surface area contributed by atoms with E-state index in [1.54, 1.807) is 4.72 Å². The van der Waals surface area contributed by atoms with E-state index in [1.165, 1.54) is 12.1 Å². The first-order valence-corrected chi connectivity index (χ1v) is 8.67. The number of nitro benzene ring substituents is 1. The fraction of sp³-hybridized carbons (Fsp3) is 0.462. The van der Waals surface area contributed by atoms with Crippen LogP contribution < -0.4 is 10.5 Å². The molecule has 0 bridgehead atoms. The maximum absolute atomic E-state index is 11.9. The van der Waals surface area contributed by atoms with E-state index >= 15 is 0 Å². The first kappa shape index (κ1) is 18.1. The molecular weight excluding hydrogens is 340 g/mol. The highest BCUT2D eigenvalue weighted by Gasteiger charge is 2.22. The fourth-order valence-electron chi connectivity index (χ4n) is 2.39. The van der Waals surface area contributed by atoms with Crippen molar-refractivity contribution < 1.29 is 22.9 Å². The predicted molar refractivity (Wildman–Crippen MR) is 84.0 cm³/mol. The highest BCUT2D eigenvalue weighted by Crippen LogP contribution is 2.24. The number of hydrogen-bond donors (Lipinski definition) is 2. The van der Waals surface area contributed by atoms with Gasteiger partial charge >= 0.3 is 6.03 Å². The second-order valence-electron chi connectivity index (χ2n) is 5.22. The smallest absolute Gasteiger partial charge is 0.326 e. The molecule has 0 aliphatic carbocycles. The Morgan fingerprint density at radius 3 is 2.62 bits per heavy atom. The largest absolute Gasteiger partial charge is 0.379 e. The summed E-state index contributed by atoms with van der Waals surface area (Å²) in [6.45, 7) is 3.36. The van der Waals surface area contributed by atoms with E-state index < -0.39 is 21.0 Å². The van der Waals surface area contributed by atoms with Crippen LogP contribution in [0.3, 0.4) is 0 Å². The summed E-state index contributed by atoms with van der Waals surface area (Å²) in [7, 11) is -4.22. The van der Waals surface area contributed by atoms with Crippen molar-refractivity contribution in [2.75, 3.05) is 32.8 Å². The van der Waals surface area contributed by atoms with Crippen molar-refractivity contribution >= 4 is 21.7 Å². The van der Waals surface area contributed by atoms with E-state index in [9.17, 15) is 23.3 Å². The highest BCUT2D eigenvalue weighted by molar-refractivity contribution is 7.90. The van der Waals surface area contributed by atoms with Crippen LogP contribution in [0.4, 0.5) is 10.5 Å².